The number of hydrogen-bond acceptors (Lipinski definition) is 6. The first-order chi connectivity index (χ1) is 10.8. The van der Waals surface area contributed by atoms with Crippen molar-refractivity contribution in [2.45, 2.75) is 0 Å². The number of fused-ring (bicyclic) bond motifs is 1. The summed E-state index contributed by atoms with van der Waals surface area (Å²) in [5.74, 6) is 3.07. The van der Waals surface area contributed by atoms with Crippen LogP contribution in [0, 0.1) is 0 Å². The predicted octanol–water partition coefficient (Wildman–Crippen LogP) is 3.18. The number of anilines is 2. The van der Waals surface area contributed by atoms with Crippen molar-refractivity contribution in [2.75, 3.05) is 33.4 Å². The fraction of sp³-hybridized carbons (Fsp3) is 0.250. The predicted molar refractivity (Wildman–Crippen MR) is 81.9 cm³/mol. The van der Waals surface area contributed by atoms with E-state index in [0.29, 0.717) is 28.7 Å². The van der Waals surface area contributed by atoms with Crippen LogP contribution >= 0.6 is 0 Å². The van der Waals surface area contributed by atoms with Crippen LogP contribution in [-0.2, 0) is 0 Å². The second-order valence-electron chi connectivity index (χ2n) is 4.55. The zero-order chi connectivity index (χ0) is 15.5. The van der Waals surface area contributed by atoms with Gasteiger partial charge in [0.1, 0.15) is 0 Å². The van der Waals surface area contributed by atoms with Crippen LogP contribution in [0.4, 0.5) is 11.4 Å². The van der Waals surface area contributed by atoms with Gasteiger partial charge in [0.25, 0.3) is 0 Å². The number of methoxy groups -OCH3 is 3. The average molecular weight is 303 g/mol. The van der Waals surface area contributed by atoms with Gasteiger partial charge in [-0.3, -0.25) is 0 Å². The third-order valence-corrected chi connectivity index (χ3v) is 3.37. The van der Waals surface area contributed by atoms with Crippen LogP contribution in [0.5, 0.6) is 28.7 Å². The Kier molecular flexibility index (Phi) is 3.82. The van der Waals surface area contributed by atoms with Crippen LogP contribution in [0.1, 0.15) is 0 Å². The highest BCUT2D eigenvalue weighted by Gasteiger charge is 2.20. The normalized spacial score (nSPS) is 12.0. The summed E-state index contributed by atoms with van der Waals surface area (Å²) in [6, 6.07) is 9.33. The Hall–Kier alpha value is -2.76. The second kappa shape index (κ2) is 5.93. The molecule has 0 spiro atoms. The molecule has 1 heterocycles. The van der Waals surface area contributed by atoms with Crippen molar-refractivity contribution >= 4 is 11.4 Å². The number of ether oxygens (including phenoxy) is 5. The highest BCUT2D eigenvalue weighted by molar-refractivity contribution is 5.77. The molecule has 0 bridgehead atoms. The molecule has 2 aromatic carbocycles. The molecule has 0 unspecified atom stereocenters. The van der Waals surface area contributed by atoms with Gasteiger partial charge in [0, 0.05) is 0 Å². The third-order valence-electron chi connectivity index (χ3n) is 3.37. The molecule has 1 aliphatic rings. The maximum atomic E-state index is 5.50. The minimum Gasteiger partial charge on any atom is -0.493 e. The molecule has 0 atom stereocenters. The van der Waals surface area contributed by atoms with Gasteiger partial charge in [-0.15, -0.1) is 0 Å². The van der Waals surface area contributed by atoms with Crippen molar-refractivity contribution in [1.82, 2.24) is 0 Å². The Balaban J connectivity index is 2.01. The molecule has 0 aliphatic carbocycles. The van der Waals surface area contributed by atoms with Gasteiger partial charge >= 0.3 is 0 Å². The summed E-state index contributed by atoms with van der Waals surface area (Å²) in [4.78, 5) is 0. The molecule has 0 saturated heterocycles. The maximum absolute atomic E-state index is 5.50. The Labute approximate surface area is 128 Å². The van der Waals surface area contributed by atoms with Gasteiger partial charge in [-0.05, 0) is 24.3 Å². The highest BCUT2D eigenvalue weighted by atomic mass is 16.7. The summed E-state index contributed by atoms with van der Waals surface area (Å²) in [5.41, 5.74) is 1.53. The number of rotatable bonds is 5. The van der Waals surface area contributed by atoms with E-state index in [1.165, 1.54) is 0 Å². The van der Waals surface area contributed by atoms with Crippen LogP contribution in [0.2, 0.25) is 0 Å². The van der Waals surface area contributed by atoms with Gasteiger partial charge < -0.3 is 29.0 Å². The molecule has 0 fully saturated rings. The number of para-hydroxylation sites is 1. The third kappa shape index (κ3) is 2.32. The smallest absolute Gasteiger partial charge is 0.231 e. The lowest BCUT2D eigenvalue weighted by molar-refractivity contribution is 0.174. The lowest BCUT2D eigenvalue weighted by atomic mass is 10.2. The van der Waals surface area contributed by atoms with Gasteiger partial charge in [-0.1, -0.05) is 6.07 Å². The van der Waals surface area contributed by atoms with Gasteiger partial charge in [-0.25, -0.2) is 0 Å². The molecule has 3 rings (SSSR count). The van der Waals surface area contributed by atoms with E-state index in [1.807, 2.05) is 30.3 Å². The van der Waals surface area contributed by atoms with Crippen LogP contribution in [0.25, 0.3) is 0 Å². The lowest BCUT2D eigenvalue weighted by Gasteiger charge is -2.17. The Morgan fingerprint density at radius 1 is 0.864 bits per heavy atom. The molecule has 2 aromatic rings. The molecule has 6 nitrogen and oxygen atoms in total. The van der Waals surface area contributed by atoms with Crippen molar-refractivity contribution in [3.63, 3.8) is 0 Å². The summed E-state index contributed by atoms with van der Waals surface area (Å²) >= 11 is 0. The summed E-state index contributed by atoms with van der Waals surface area (Å²) in [7, 11) is 4.73. The van der Waals surface area contributed by atoms with E-state index in [-0.39, 0.29) is 6.79 Å². The molecule has 1 N–H and O–H groups in total. The van der Waals surface area contributed by atoms with Crippen LogP contribution < -0.4 is 29.0 Å². The molecule has 0 saturated carbocycles. The molecule has 22 heavy (non-hydrogen) atoms. The van der Waals surface area contributed by atoms with Gasteiger partial charge in [0.05, 0.1) is 32.7 Å². The molecular weight excluding hydrogens is 286 g/mol. The van der Waals surface area contributed by atoms with Crippen molar-refractivity contribution in [2.24, 2.45) is 0 Å². The SMILES string of the molecule is COc1ccc(Nc2cccc3c2OCO3)c(OC)c1OC. The summed E-state index contributed by atoms with van der Waals surface area (Å²) < 4.78 is 27.0. The van der Waals surface area contributed by atoms with E-state index in [0.717, 1.165) is 11.4 Å². The standard InChI is InChI=1S/C16H17NO5/c1-18-12-8-7-11(15(19-2)16(12)20-3)17-10-5-4-6-13-14(10)22-9-21-13/h4-8,17H,9H2,1-3H3. The van der Waals surface area contributed by atoms with Gasteiger partial charge in [-0.2, -0.15) is 0 Å². The van der Waals surface area contributed by atoms with E-state index >= 15 is 0 Å². The van der Waals surface area contributed by atoms with E-state index in [2.05, 4.69) is 5.32 Å². The monoisotopic (exact) mass is 303 g/mol. The largest absolute Gasteiger partial charge is 0.493 e. The summed E-state index contributed by atoms with van der Waals surface area (Å²) in [6.45, 7) is 0.219. The van der Waals surface area contributed by atoms with Gasteiger partial charge in [0.15, 0.2) is 23.0 Å². The van der Waals surface area contributed by atoms with Crippen molar-refractivity contribution < 1.29 is 23.7 Å². The molecule has 1 aliphatic heterocycles. The molecule has 6 heteroatoms. The van der Waals surface area contributed by atoms with Gasteiger partial charge in [0.2, 0.25) is 12.5 Å². The maximum Gasteiger partial charge on any atom is 0.231 e. The van der Waals surface area contributed by atoms with Crippen molar-refractivity contribution in [1.29, 1.82) is 0 Å². The van der Waals surface area contributed by atoms with Crippen molar-refractivity contribution in [3.8, 4) is 28.7 Å². The Morgan fingerprint density at radius 3 is 2.41 bits per heavy atom. The second-order valence-corrected chi connectivity index (χ2v) is 4.55. The van der Waals surface area contributed by atoms with E-state index in [1.54, 1.807) is 21.3 Å². The van der Waals surface area contributed by atoms with E-state index in [9.17, 15) is 0 Å². The summed E-state index contributed by atoms with van der Waals surface area (Å²) in [6.07, 6.45) is 0. The minimum atomic E-state index is 0.219. The minimum absolute atomic E-state index is 0.219. The lowest BCUT2D eigenvalue weighted by Crippen LogP contribution is -2.00. The summed E-state index contributed by atoms with van der Waals surface area (Å²) in [5, 5.41) is 3.28. The Bertz CT molecular complexity index is 686. The Morgan fingerprint density at radius 2 is 1.68 bits per heavy atom. The van der Waals surface area contributed by atoms with E-state index < -0.39 is 0 Å². The molecular formula is C16H17NO5. The van der Waals surface area contributed by atoms with Crippen LogP contribution in [0.15, 0.2) is 30.3 Å². The van der Waals surface area contributed by atoms with Crippen molar-refractivity contribution in [3.05, 3.63) is 30.3 Å². The number of nitrogens with one attached hydrogen (secondary N) is 1. The number of hydrogen-bond donors (Lipinski definition) is 1. The quantitative estimate of drug-likeness (QED) is 0.915. The van der Waals surface area contributed by atoms with E-state index in [4.69, 9.17) is 23.7 Å². The number of benzene rings is 2. The zero-order valence-electron chi connectivity index (χ0n) is 12.6. The fourth-order valence-corrected chi connectivity index (χ4v) is 2.37. The molecule has 0 amide bonds. The molecule has 0 aromatic heterocycles. The molecule has 0 radical (unpaired) electrons. The highest BCUT2D eigenvalue weighted by Crippen LogP contribution is 2.46. The first-order valence-corrected chi connectivity index (χ1v) is 6.73. The van der Waals surface area contributed by atoms with Crippen LogP contribution in [-0.4, -0.2) is 28.1 Å². The first kappa shape index (κ1) is 14.2. The molecule has 116 valence electrons. The first-order valence-electron chi connectivity index (χ1n) is 6.73. The zero-order valence-corrected chi connectivity index (χ0v) is 12.6. The van der Waals surface area contributed by atoms with Crippen LogP contribution in [0.3, 0.4) is 0 Å². The average Bonchev–Trinajstić information content (AvgIpc) is 3.03. The fourth-order valence-electron chi connectivity index (χ4n) is 2.37. The topological polar surface area (TPSA) is 58.2 Å².